The van der Waals surface area contributed by atoms with Crippen LogP contribution in [0.4, 0.5) is 0 Å². The van der Waals surface area contributed by atoms with E-state index < -0.39 is 5.97 Å². The van der Waals surface area contributed by atoms with Gasteiger partial charge >= 0.3 is 5.97 Å². The van der Waals surface area contributed by atoms with Crippen molar-refractivity contribution in [2.75, 3.05) is 7.11 Å². The first-order valence-electron chi connectivity index (χ1n) is 3.78. The Balaban J connectivity index is 2.98. The van der Waals surface area contributed by atoms with Crippen LogP contribution >= 0.6 is 23.2 Å². The molecule has 5 heteroatoms. The molecule has 0 saturated heterocycles. The summed E-state index contributed by atoms with van der Waals surface area (Å²) < 4.78 is 4.47. The lowest BCUT2D eigenvalue weighted by Crippen LogP contribution is -2.04. The van der Waals surface area contributed by atoms with Gasteiger partial charge in [-0.2, -0.15) is 0 Å². The van der Waals surface area contributed by atoms with E-state index in [0.717, 1.165) is 0 Å². The molecule has 0 aliphatic heterocycles. The van der Waals surface area contributed by atoms with Gasteiger partial charge in [0.1, 0.15) is 5.75 Å². The van der Waals surface area contributed by atoms with E-state index in [-0.39, 0.29) is 17.2 Å². The van der Waals surface area contributed by atoms with Crippen LogP contribution in [0, 0.1) is 0 Å². The molecule has 0 radical (unpaired) electrons. The first-order chi connectivity index (χ1) is 6.54. The van der Waals surface area contributed by atoms with Crippen LogP contribution in [0.2, 0.25) is 10.0 Å². The van der Waals surface area contributed by atoms with Crippen LogP contribution in [0.1, 0.15) is 5.56 Å². The number of esters is 1. The van der Waals surface area contributed by atoms with Gasteiger partial charge in [0.15, 0.2) is 0 Å². The third kappa shape index (κ3) is 2.53. The highest BCUT2D eigenvalue weighted by atomic mass is 35.5. The van der Waals surface area contributed by atoms with Crippen LogP contribution in [0.5, 0.6) is 5.75 Å². The van der Waals surface area contributed by atoms with Gasteiger partial charge in [-0.3, -0.25) is 4.79 Å². The van der Waals surface area contributed by atoms with E-state index in [9.17, 15) is 9.90 Å². The van der Waals surface area contributed by atoms with Gasteiger partial charge in [0.05, 0.1) is 18.6 Å². The van der Waals surface area contributed by atoms with E-state index in [4.69, 9.17) is 23.2 Å². The largest absolute Gasteiger partial charge is 0.506 e. The summed E-state index contributed by atoms with van der Waals surface area (Å²) in [5.41, 5.74) is 0.486. The Morgan fingerprint density at radius 1 is 1.43 bits per heavy atom. The van der Waals surface area contributed by atoms with Crippen molar-refractivity contribution in [3.05, 3.63) is 27.7 Å². The smallest absolute Gasteiger partial charge is 0.310 e. The van der Waals surface area contributed by atoms with E-state index in [1.165, 1.54) is 19.2 Å². The van der Waals surface area contributed by atoms with E-state index in [1.807, 2.05) is 0 Å². The molecule has 1 aromatic rings. The molecule has 0 unspecified atom stereocenters. The molecule has 0 atom stereocenters. The normalized spacial score (nSPS) is 9.93. The van der Waals surface area contributed by atoms with Crippen molar-refractivity contribution in [2.24, 2.45) is 0 Å². The zero-order chi connectivity index (χ0) is 10.7. The number of rotatable bonds is 2. The Kier molecular flexibility index (Phi) is 3.61. The molecule has 1 aromatic carbocycles. The van der Waals surface area contributed by atoms with Gasteiger partial charge in [0.2, 0.25) is 0 Å². The molecule has 0 heterocycles. The van der Waals surface area contributed by atoms with Gasteiger partial charge in [0.25, 0.3) is 0 Å². The monoisotopic (exact) mass is 234 g/mol. The van der Waals surface area contributed by atoms with Crippen LogP contribution in [0.25, 0.3) is 0 Å². The number of ether oxygens (including phenoxy) is 1. The Bertz CT molecular complexity index is 363. The summed E-state index contributed by atoms with van der Waals surface area (Å²) >= 11 is 11.4. The van der Waals surface area contributed by atoms with Crippen molar-refractivity contribution in [3.8, 4) is 5.75 Å². The number of carbonyl (C=O) groups excluding carboxylic acids is 1. The number of phenols is 1. The molecule has 0 spiro atoms. The molecular formula is C9H8Cl2O3. The summed E-state index contributed by atoms with van der Waals surface area (Å²) in [6, 6.07) is 2.73. The lowest BCUT2D eigenvalue weighted by Gasteiger charge is -2.04. The standard InChI is InChI=1S/C9H8Cl2O3/c1-14-9(13)3-5-2-8(12)7(11)4-6(5)10/h2,4,12H,3H2,1H3. The molecule has 0 fully saturated rings. The molecular weight excluding hydrogens is 227 g/mol. The maximum Gasteiger partial charge on any atom is 0.310 e. The minimum atomic E-state index is -0.423. The molecule has 3 nitrogen and oxygen atoms in total. The average molecular weight is 235 g/mol. The second-order valence-electron chi connectivity index (χ2n) is 2.65. The van der Waals surface area contributed by atoms with E-state index in [0.29, 0.717) is 10.6 Å². The minimum Gasteiger partial charge on any atom is -0.506 e. The van der Waals surface area contributed by atoms with Crippen LogP contribution in [-0.2, 0) is 16.0 Å². The Morgan fingerprint density at radius 3 is 2.64 bits per heavy atom. The molecule has 14 heavy (non-hydrogen) atoms. The molecule has 0 saturated carbocycles. The van der Waals surface area contributed by atoms with E-state index in [1.54, 1.807) is 0 Å². The van der Waals surface area contributed by atoms with Crippen molar-refractivity contribution >= 4 is 29.2 Å². The molecule has 0 aliphatic carbocycles. The van der Waals surface area contributed by atoms with Crippen LogP contribution in [-0.4, -0.2) is 18.2 Å². The van der Waals surface area contributed by atoms with E-state index >= 15 is 0 Å². The van der Waals surface area contributed by atoms with Gasteiger partial charge in [-0.05, 0) is 17.7 Å². The number of halogens is 2. The molecule has 1 N–H and O–H groups in total. The SMILES string of the molecule is COC(=O)Cc1cc(O)c(Cl)cc1Cl. The third-order valence-electron chi connectivity index (χ3n) is 1.68. The highest BCUT2D eigenvalue weighted by Crippen LogP contribution is 2.30. The highest BCUT2D eigenvalue weighted by Gasteiger charge is 2.10. The van der Waals surface area contributed by atoms with Crippen molar-refractivity contribution in [2.45, 2.75) is 6.42 Å². The molecule has 1 rings (SSSR count). The summed E-state index contributed by atoms with van der Waals surface area (Å²) in [5, 5.41) is 9.76. The highest BCUT2D eigenvalue weighted by molar-refractivity contribution is 6.36. The molecule has 76 valence electrons. The van der Waals surface area contributed by atoms with Crippen LogP contribution in [0.3, 0.4) is 0 Å². The van der Waals surface area contributed by atoms with Gasteiger partial charge in [0, 0.05) is 5.02 Å². The first kappa shape index (κ1) is 11.1. The maximum absolute atomic E-state index is 10.9. The van der Waals surface area contributed by atoms with Crippen LogP contribution < -0.4 is 0 Å². The molecule has 0 aliphatic rings. The van der Waals surface area contributed by atoms with Gasteiger partial charge in [-0.15, -0.1) is 0 Å². The van der Waals surface area contributed by atoms with Gasteiger partial charge in [-0.1, -0.05) is 23.2 Å². The second-order valence-corrected chi connectivity index (χ2v) is 3.46. The fourth-order valence-corrected chi connectivity index (χ4v) is 1.39. The number of carbonyl (C=O) groups is 1. The van der Waals surface area contributed by atoms with Crippen molar-refractivity contribution in [3.63, 3.8) is 0 Å². The Hall–Kier alpha value is -0.930. The second kappa shape index (κ2) is 4.53. The average Bonchev–Trinajstić information content (AvgIpc) is 2.14. The summed E-state index contributed by atoms with van der Waals surface area (Å²) in [6.45, 7) is 0. The number of methoxy groups -OCH3 is 1. The topological polar surface area (TPSA) is 46.5 Å². The predicted molar refractivity (Wildman–Crippen MR) is 53.8 cm³/mol. The minimum absolute atomic E-state index is 0.0140. The Labute approximate surface area is 91.2 Å². The summed E-state index contributed by atoms with van der Waals surface area (Å²) in [7, 11) is 1.28. The molecule has 0 bridgehead atoms. The number of hydrogen-bond donors (Lipinski definition) is 1. The van der Waals surface area contributed by atoms with Crippen molar-refractivity contribution in [1.29, 1.82) is 0 Å². The van der Waals surface area contributed by atoms with Gasteiger partial charge in [-0.25, -0.2) is 0 Å². The third-order valence-corrected chi connectivity index (χ3v) is 2.33. The number of phenolic OH excluding ortho intramolecular Hbond substituents is 1. The lowest BCUT2D eigenvalue weighted by molar-refractivity contribution is -0.139. The predicted octanol–water partition coefficient (Wildman–Crippen LogP) is 2.41. The van der Waals surface area contributed by atoms with E-state index in [2.05, 4.69) is 4.74 Å². The van der Waals surface area contributed by atoms with Crippen LogP contribution in [0.15, 0.2) is 12.1 Å². The number of aromatic hydroxyl groups is 1. The maximum atomic E-state index is 10.9. The number of hydrogen-bond acceptors (Lipinski definition) is 3. The summed E-state index contributed by atoms with van der Waals surface area (Å²) in [6.07, 6.45) is 0.0140. The van der Waals surface area contributed by atoms with Crippen molar-refractivity contribution in [1.82, 2.24) is 0 Å². The fourth-order valence-electron chi connectivity index (χ4n) is 0.944. The fraction of sp³-hybridized carbons (Fsp3) is 0.222. The quantitative estimate of drug-likeness (QED) is 0.800. The lowest BCUT2D eigenvalue weighted by atomic mass is 10.1. The summed E-state index contributed by atoms with van der Waals surface area (Å²) in [4.78, 5) is 10.9. The first-order valence-corrected chi connectivity index (χ1v) is 4.54. The zero-order valence-electron chi connectivity index (χ0n) is 7.38. The number of benzene rings is 1. The Morgan fingerprint density at radius 2 is 2.07 bits per heavy atom. The van der Waals surface area contributed by atoms with Gasteiger partial charge < -0.3 is 9.84 Å². The zero-order valence-corrected chi connectivity index (χ0v) is 8.89. The summed E-state index contributed by atoms with van der Waals surface area (Å²) in [5.74, 6) is -0.524. The molecule has 0 aromatic heterocycles. The molecule has 0 amide bonds. The van der Waals surface area contributed by atoms with Crippen molar-refractivity contribution < 1.29 is 14.6 Å².